The van der Waals surface area contributed by atoms with E-state index in [4.69, 9.17) is 14.6 Å². The van der Waals surface area contributed by atoms with Crippen LogP contribution >= 0.6 is 11.3 Å². The maximum absolute atomic E-state index is 12.7. The first-order valence-electron chi connectivity index (χ1n) is 8.82. The molecule has 0 radical (unpaired) electrons. The van der Waals surface area contributed by atoms with Crippen molar-refractivity contribution in [1.29, 1.82) is 0 Å². The van der Waals surface area contributed by atoms with Crippen LogP contribution in [0.3, 0.4) is 0 Å². The van der Waals surface area contributed by atoms with Crippen molar-refractivity contribution >= 4 is 34.8 Å². The molecule has 27 heavy (non-hydrogen) atoms. The van der Waals surface area contributed by atoms with Crippen molar-refractivity contribution in [2.45, 2.75) is 19.4 Å². The molecule has 2 amide bonds. The molecule has 3 saturated heterocycles. The summed E-state index contributed by atoms with van der Waals surface area (Å²) in [6.07, 6.45) is 0.274. The summed E-state index contributed by atoms with van der Waals surface area (Å²) in [4.78, 5) is 39.1. The summed E-state index contributed by atoms with van der Waals surface area (Å²) in [5.74, 6) is -0.196. The van der Waals surface area contributed by atoms with Gasteiger partial charge in [0.25, 0.3) is 6.47 Å². The smallest absolute Gasteiger partial charge is 0.290 e. The van der Waals surface area contributed by atoms with E-state index in [1.54, 1.807) is 4.90 Å². The first-order chi connectivity index (χ1) is 13.0. The molecule has 4 heterocycles. The maximum Gasteiger partial charge on any atom is 0.290 e. The monoisotopic (exact) mass is 397 g/mol. The molecule has 1 N–H and O–H groups in total. The number of amides is 2. The highest BCUT2D eigenvalue weighted by molar-refractivity contribution is 7.15. The first-order valence-corrected chi connectivity index (χ1v) is 9.64. The van der Waals surface area contributed by atoms with Gasteiger partial charge in [0, 0.05) is 45.2 Å². The Morgan fingerprint density at radius 3 is 2.52 bits per heavy atom. The van der Waals surface area contributed by atoms with Gasteiger partial charge in [-0.15, -0.1) is 10.2 Å². The Bertz CT molecular complexity index is 686. The van der Waals surface area contributed by atoms with Crippen molar-refractivity contribution in [3.8, 4) is 0 Å². The third-order valence-electron chi connectivity index (χ3n) is 4.96. The van der Waals surface area contributed by atoms with Gasteiger partial charge in [0.15, 0.2) is 0 Å². The van der Waals surface area contributed by atoms with Gasteiger partial charge in [-0.2, -0.15) is 0 Å². The molecular formula is C16H23N5O5S. The fraction of sp³-hybridized carbons (Fsp3) is 0.688. The Balaban J connectivity index is 0.000000659. The minimum absolute atomic E-state index is 0.0326. The summed E-state index contributed by atoms with van der Waals surface area (Å²) in [5.41, 5.74) is 0. The molecule has 1 atom stereocenters. The van der Waals surface area contributed by atoms with Gasteiger partial charge in [-0.25, -0.2) is 0 Å². The highest BCUT2D eigenvalue weighted by Gasteiger charge is 2.43. The molecule has 0 spiro atoms. The molecule has 3 aliphatic rings. The number of carboxylic acid groups (broad SMARTS) is 1. The number of hydrogen-bond acceptors (Lipinski definition) is 8. The van der Waals surface area contributed by atoms with Crippen molar-refractivity contribution in [1.82, 2.24) is 20.0 Å². The molecule has 1 aromatic heterocycles. The molecule has 1 aromatic rings. The lowest BCUT2D eigenvalue weighted by Gasteiger charge is -2.47. The molecule has 0 saturated carbocycles. The van der Waals surface area contributed by atoms with Crippen molar-refractivity contribution in [2.75, 3.05) is 50.8 Å². The Hall–Kier alpha value is -2.11. The standard InChI is InChI=1S/C15H21N5O3S.CH2O2/c1-10-16-17-15(24-10)20-7-11(6-13(20)21)14(22)19-8-12(9-19)18-2-4-23-5-3-18;2-1-3/h11-12H,2-9H2,1H3;1H,(H,2,3). The number of morpholine rings is 1. The third kappa shape index (κ3) is 4.42. The van der Waals surface area contributed by atoms with E-state index in [1.807, 2.05) is 11.8 Å². The summed E-state index contributed by atoms with van der Waals surface area (Å²) < 4.78 is 5.37. The molecule has 4 rings (SSSR count). The summed E-state index contributed by atoms with van der Waals surface area (Å²) in [6.45, 7) is 7.00. The average molecular weight is 397 g/mol. The molecule has 3 fully saturated rings. The van der Waals surface area contributed by atoms with E-state index in [9.17, 15) is 9.59 Å². The number of rotatable bonds is 3. The van der Waals surface area contributed by atoms with Crippen LogP contribution in [0.4, 0.5) is 5.13 Å². The number of hydrogen-bond donors (Lipinski definition) is 1. The van der Waals surface area contributed by atoms with E-state index in [0.29, 0.717) is 17.7 Å². The second kappa shape index (κ2) is 8.72. The minimum atomic E-state index is -0.257. The van der Waals surface area contributed by atoms with E-state index < -0.39 is 0 Å². The molecule has 10 nitrogen and oxygen atoms in total. The van der Waals surface area contributed by atoms with Gasteiger partial charge >= 0.3 is 0 Å². The third-order valence-corrected chi connectivity index (χ3v) is 5.82. The van der Waals surface area contributed by atoms with Gasteiger partial charge in [0.2, 0.25) is 16.9 Å². The molecule has 3 aliphatic heterocycles. The SMILES string of the molecule is Cc1nnc(N2CC(C(=O)N3CC(N4CCOCC4)C3)CC2=O)s1.O=CO. The van der Waals surface area contributed by atoms with Crippen molar-refractivity contribution in [2.24, 2.45) is 5.92 Å². The predicted octanol–water partition coefficient (Wildman–Crippen LogP) is -0.557. The number of likely N-dealkylation sites (tertiary alicyclic amines) is 1. The average Bonchev–Trinajstić information content (AvgIpc) is 3.21. The summed E-state index contributed by atoms with van der Waals surface area (Å²) >= 11 is 1.39. The number of nitrogens with zero attached hydrogens (tertiary/aromatic N) is 5. The number of ether oxygens (including phenoxy) is 1. The van der Waals surface area contributed by atoms with Crippen molar-refractivity contribution in [3.05, 3.63) is 5.01 Å². The summed E-state index contributed by atoms with van der Waals surface area (Å²) in [7, 11) is 0. The first kappa shape index (κ1) is 19.6. The Morgan fingerprint density at radius 1 is 1.26 bits per heavy atom. The van der Waals surface area contributed by atoms with Crippen LogP contribution in [0.2, 0.25) is 0 Å². The van der Waals surface area contributed by atoms with Crippen LogP contribution in [-0.4, -0.2) is 95.4 Å². The minimum Gasteiger partial charge on any atom is -0.483 e. The summed E-state index contributed by atoms with van der Waals surface area (Å²) in [5, 5.41) is 16.3. The molecule has 0 aliphatic carbocycles. The topological polar surface area (TPSA) is 116 Å². The zero-order valence-electron chi connectivity index (χ0n) is 15.1. The molecule has 11 heteroatoms. The molecular weight excluding hydrogens is 374 g/mol. The van der Waals surface area contributed by atoms with Crippen LogP contribution in [0, 0.1) is 12.8 Å². The van der Waals surface area contributed by atoms with Gasteiger partial charge in [-0.05, 0) is 6.92 Å². The largest absolute Gasteiger partial charge is 0.483 e. The van der Waals surface area contributed by atoms with Gasteiger partial charge in [0.1, 0.15) is 5.01 Å². The van der Waals surface area contributed by atoms with Gasteiger partial charge in [0.05, 0.1) is 19.1 Å². The lowest BCUT2D eigenvalue weighted by molar-refractivity contribution is -0.144. The lowest BCUT2D eigenvalue weighted by Crippen LogP contribution is -2.63. The van der Waals surface area contributed by atoms with Crippen LogP contribution < -0.4 is 4.90 Å². The Morgan fingerprint density at radius 2 is 1.93 bits per heavy atom. The van der Waals surface area contributed by atoms with E-state index in [2.05, 4.69) is 15.1 Å². The van der Waals surface area contributed by atoms with Crippen molar-refractivity contribution < 1.29 is 24.2 Å². The Kier molecular flexibility index (Phi) is 6.34. The highest BCUT2D eigenvalue weighted by Crippen LogP contribution is 2.30. The molecule has 0 aromatic carbocycles. The van der Waals surface area contributed by atoms with Crippen LogP contribution in [0.25, 0.3) is 0 Å². The van der Waals surface area contributed by atoms with E-state index in [0.717, 1.165) is 44.4 Å². The fourth-order valence-electron chi connectivity index (χ4n) is 3.52. The quantitative estimate of drug-likeness (QED) is 0.675. The number of carbonyl (C=O) groups excluding carboxylic acids is 2. The molecule has 1 unspecified atom stereocenters. The van der Waals surface area contributed by atoms with Crippen LogP contribution in [-0.2, 0) is 19.1 Å². The highest BCUT2D eigenvalue weighted by atomic mass is 32.1. The predicted molar refractivity (Wildman–Crippen MR) is 96.6 cm³/mol. The molecule has 0 bridgehead atoms. The zero-order valence-corrected chi connectivity index (χ0v) is 15.9. The number of aryl methyl sites for hydroxylation is 1. The zero-order chi connectivity index (χ0) is 19.4. The van der Waals surface area contributed by atoms with Gasteiger partial charge in [-0.3, -0.25) is 24.2 Å². The molecule has 148 valence electrons. The Labute approximate surface area is 160 Å². The normalized spacial score (nSPS) is 23.6. The van der Waals surface area contributed by atoms with Crippen LogP contribution in [0.5, 0.6) is 0 Å². The fourth-order valence-corrected chi connectivity index (χ4v) is 4.23. The van der Waals surface area contributed by atoms with E-state index in [-0.39, 0.29) is 30.6 Å². The van der Waals surface area contributed by atoms with Gasteiger partial charge in [-0.1, -0.05) is 11.3 Å². The van der Waals surface area contributed by atoms with Crippen LogP contribution in [0.1, 0.15) is 11.4 Å². The number of aromatic nitrogens is 2. The van der Waals surface area contributed by atoms with Crippen molar-refractivity contribution in [3.63, 3.8) is 0 Å². The van der Waals surface area contributed by atoms with E-state index >= 15 is 0 Å². The lowest BCUT2D eigenvalue weighted by atomic mass is 10.0. The number of anilines is 1. The second-order valence-corrected chi connectivity index (χ2v) is 7.82. The maximum atomic E-state index is 12.7. The van der Waals surface area contributed by atoms with E-state index in [1.165, 1.54) is 11.3 Å². The number of carbonyl (C=O) groups is 3. The van der Waals surface area contributed by atoms with Gasteiger partial charge < -0.3 is 14.7 Å². The second-order valence-electron chi connectivity index (χ2n) is 6.66. The van der Waals surface area contributed by atoms with Crippen LogP contribution in [0.15, 0.2) is 0 Å². The summed E-state index contributed by atoms with van der Waals surface area (Å²) in [6, 6.07) is 0.442.